The number of hydrogen-bond donors (Lipinski definition) is 0. The van der Waals surface area contributed by atoms with Crippen LogP contribution in [-0.4, -0.2) is 16.3 Å². The van der Waals surface area contributed by atoms with Gasteiger partial charge < -0.3 is 14.0 Å². The van der Waals surface area contributed by atoms with E-state index in [0.29, 0.717) is 6.79 Å². The minimum atomic E-state index is 0.293. The van der Waals surface area contributed by atoms with Gasteiger partial charge in [-0.05, 0) is 30.3 Å². The van der Waals surface area contributed by atoms with Crippen molar-refractivity contribution >= 4 is 11.0 Å². The quantitative estimate of drug-likeness (QED) is 0.668. The van der Waals surface area contributed by atoms with E-state index in [1.165, 1.54) is 0 Å². The number of imidazole rings is 1. The highest BCUT2D eigenvalue weighted by atomic mass is 16.7. The lowest BCUT2D eigenvalue weighted by Crippen LogP contribution is -1.93. The van der Waals surface area contributed by atoms with E-state index >= 15 is 0 Å². The van der Waals surface area contributed by atoms with Gasteiger partial charge in [-0.25, -0.2) is 4.98 Å². The summed E-state index contributed by atoms with van der Waals surface area (Å²) in [6, 6.07) is 14.0. The maximum atomic E-state index is 5.42. The number of nitrogens with zero attached hydrogens (tertiary/aromatic N) is 2. The van der Waals surface area contributed by atoms with Gasteiger partial charge in [0.25, 0.3) is 0 Å². The Morgan fingerprint density at radius 2 is 1.89 bits per heavy atom. The number of aromatic nitrogens is 2. The number of ether oxygens (including phenoxy) is 2. The lowest BCUT2D eigenvalue weighted by Gasteiger charge is -2.03. The predicted molar refractivity (Wildman–Crippen MR) is 72.3 cm³/mol. The molecule has 0 radical (unpaired) electrons. The van der Waals surface area contributed by atoms with E-state index in [2.05, 4.69) is 15.6 Å². The molecule has 0 spiro atoms. The molecular formula is C15H12N2O2. The van der Waals surface area contributed by atoms with Crippen molar-refractivity contribution in [1.29, 1.82) is 0 Å². The van der Waals surface area contributed by atoms with Gasteiger partial charge in [0, 0.05) is 12.6 Å². The second kappa shape index (κ2) is 3.75. The van der Waals surface area contributed by atoms with Gasteiger partial charge in [-0.2, -0.15) is 0 Å². The van der Waals surface area contributed by atoms with Crippen LogP contribution in [0.25, 0.3) is 22.4 Å². The molecule has 0 aliphatic carbocycles. The number of fused-ring (bicyclic) bond motifs is 2. The molecule has 0 atom stereocenters. The van der Waals surface area contributed by atoms with Crippen molar-refractivity contribution in [2.24, 2.45) is 7.05 Å². The Labute approximate surface area is 110 Å². The summed E-state index contributed by atoms with van der Waals surface area (Å²) < 4.78 is 12.8. The highest BCUT2D eigenvalue weighted by Gasteiger charge is 2.16. The van der Waals surface area contributed by atoms with Crippen LogP contribution in [0.15, 0.2) is 42.5 Å². The average molecular weight is 252 g/mol. The highest BCUT2D eigenvalue weighted by molar-refractivity contribution is 5.80. The van der Waals surface area contributed by atoms with Gasteiger partial charge in [0.2, 0.25) is 6.79 Å². The third kappa shape index (κ3) is 1.50. The minimum Gasteiger partial charge on any atom is -0.454 e. The van der Waals surface area contributed by atoms with Crippen molar-refractivity contribution in [1.82, 2.24) is 9.55 Å². The molecule has 4 heteroatoms. The molecule has 0 N–H and O–H groups in total. The summed E-state index contributed by atoms with van der Waals surface area (Å²) in [5.74, 6) is 2.51. The summed E-state index contributed by atoms with van der Waals surface area (Å²) in [4.78, 5) is 4.67. The zero-order chi connectivity index (χ0) is 12.8. The Morgan fingerprint density at radius 3 is 2.79 bits per heavy atom. The fraction of sp³-hybridized carbons (Fsp3) is 0.133. The Balaban J connectivity index is 1.92. The highest BCUT2D eigenvalue weighted by Crippen LogP contribution is 2.36. The molecule has 2 aromatic carbocycles. The number of hydrogen-bond acceptors (Lipinski definition) is 3. The molecule has 4 nitrogen and oxygen atoms in total. The van der Waals surface area contributed by atoms with Crippen molar-refractivity contribution in [3.05, 3.63) is 42.5 Å². The van der Waals surface area contributed by atoms with Crippen LogP contribution in [0.2, 0.25) is 0 Å². The molecule has 0 bridgehead atoms. The van der Waals surface area contributed by atoms with Gasteiger partial charge in [0.15, 0.2) is 11.5 Å². The first kappa shape index (κ1) is 10.4. The normalized spacial score (nSPS) is 13.1. The lowest BCUT2D eigenvalue weighted by molar-refractivity contribution is 0.174. The van der Waals surface area contributed by atoms with E-state index in [0.717, 1.165) is 33.9 Å². The number of rotatable bonds is 1. The van der Waals surface area contributed by atoms with Crippen LogP contribution in [0.3, 0.4) is 0 Å². The second-order valence-electron chi connectivity index (χ2n) is 4.55. The standard InChI is InChI=1S/C15H12N2O2/c1-17-12-5-3-2-4-11(12)16-15(17)10-6-7-13-14(8-10)19-9-18-13/h2-8H,9H2,1H3. The van der Waals surface area contributed by atoms with Crippen molar-refractivity contribution in [2.75, 3.05) is 6.79 Å². The van der Waals surface area contributed by atoms with E-state index in [-0.39, 0.29) is 0 Å². The van der Waals surface area contributed by atoms with Gasteiger partial charge in [0.05, 0.1) is 11.0 Å². The minimum absolute atomic E-state index is 0.293. The monoisotopic (exact) mass is 252 g/mol. The fourth-order valence-electron chi connectivity index (χ4n) is 2.44. The van der Waals surface area contributed by atoms with Crippen LogP contribution in [0.4, 0.5) is 0 Å². The fourth-order valence-corrected chi connectivity index (χ4v) is 2.44. The Bertz CT molecular complexity index is 777. The topological polar surface area (TPSA) is 36.3 Å². The number of aryl methyl sites for hydroxylation is 1. The molecule has 0 unspecified atom stereocenters. The van der Waals surface area contributed by atoms with E-state index in [1.54, 1.807) is 0 Å². The summed E-state index contributed by atoms with van der Waals surface area (Å²) in [7, 11) is 2.02. The van der Waals surface area contributed by atoms with E-state index in [1.807, 2.05) is 43.4 Å². The van der Waals surface area contributed by atoms with E-state index < -0.39 is 0 Å². The number of para-hydroxylation sites is 2. The second-order valence-corrected chi connectivity index (χ2v) is 4.55. The molecule has 0 saturated heterocycles. The largest absolute Gasteiger partial charge is 0.454 e. The zero-order valence-electron chi connectivity index (χ0n) is 10.5. The maximum Gasteiger partial charge on any atom is 0.231 e. The summed E-state index contributed by atoms with van der Waals surface area (Å²) in [5, 5.41) is 0. The molecule has 1 aromatic heterocycles. The Morgan fingerprint density at radius 1 is 1.05 bits per heavy atom. The Kier molecular flexibility index (Phi) is 2.06. The van der Waals surface area contributed by atoms with Crippen LogP contribution in [0.1, 0.15) is 0 Å². The molecule has 0 saturated carbocycles. The van der Waals surface area contributed by atoms with Gasteiger partial charge in [-0.15, -0.1) is 0 Å². The molecule has 1 aliphatic rings. The summed E-state index contributed by atoms with van der Waals surface area (Å²) in [6.07, 6.45) is 0. The first-order valence-electron chi connectivity index (χ1n) is 6.14. The molecule has 0 fully saturated rings. The summed E-state index contributed by atoms with van der Waals surface area (Å²) >= 11 is 0. The zero-order valence-corrected chi connectivity index (χ0v) is 10.5. The van der Waals surface area contributed by atoms with Gasteiger partial charge >= 0.3 is 0 Å². The van der Waals surface area contributed by atoms with Gasteiger partial charge in [-0.3, -0.25) is 0 Å². The van der Waals surface area contributed by atoms with Crippen molar-refractivity contribution < 1.29 is 9.47 Å². The molecule has 4 rings (SSSR count). The molecule has 19 heavy (non-hydrogen) atoms. The van der Waals surface area contributed by atoms with Gasteiger partial charge in [0.1, 0.15) is 5.82 Å². The molecule has 1 aliphatic heterocycles. The number of benzene rings is 2. The molecule has 2 heterocycles. The van der Waals surface area contributed by atoms with Crippen molar-refractivity contribution in [3.8, 4) is 22.9 Å². The smallest absolute Gasteiger partial charge is 0.231 e. The SMILES string of the molecule is Cn1c(-c2ccc3c(c2)OCO3)nc2ccccc21. The summed E-state index contributed by atoms with van der Waals surface area (Å²) in [5.41, 5.74) is 3.15. The molecule has 94 valence electrons. The Hall–Kier alpha value is -2.49. The maximum absolute atomic E-state index is 5.42. The van der Waals surface area contributed by atoms with Gasteiger partial charge in [-0.1, -0.05) is 12.1 Å². The predicted octanol–water partition coefficient (Wildman–Crippen LogP) is 2.97. The third-order valence-corrected chi connectivity index (χ3v) is 3.42. The molecular weight excluding hydrogens is 240 g/mol. The first-order valence-corrected chi connectivity index (χ1v) is 6.14. The summed E-state index contributed by atoms with van der Waals surface area (Å²) in [6.45, 7) is 0.293. The third-order valence-electron chi connectivity index (χ3n) is 3.42. The van der Waals surface area contributed by atoms with Crippen LogP contribution >= 0.6 is 0 Å². The van der Waals surface area contributed by atoms with Crippen LogP contribution in [0.5, 0.6) is 11.5 Å². The molecule has 0 amide bonds. The van der Waals surface area contributed by atoms with E-state index in [4.69, 9.17) is 9.47 Å². The van der Waals surface area contributed by atoms with Crippen molar-refractivity contribution in [3.63, 3.8) is 0 Å². The van der Waals surface area contributed by atoms with Crippen LogP contribution in [0, 0.1) is 0 Å². The lowest BCUT2D eigenvalue weighted by atomic mass is 10.2. The van der Waals surface area contributed by atoms with E-state index in [9.17, 15) is 0 Å². The molecule has 3 aromatic rings. The van der Waals surface area contributed by atoms with Crippen LogP contribution in [-0.2, 0) is 7.05 Å². The van der Waals surface area contributed by atoms with Crippen molar-refractivity contribution in [2.45, 2.75) is 0 Å². The van der Waals surface area contributed by atoms with Crippen LogP contribution < -0.4 is 9.47 Å². The average Bonchev–Trinajstić information content (AvgIpc) is 3.03. The first-order chi connectivity index (χ1) is 9.33.